The Balaban J connectivity index is 2.48. The predicted molar refractivity (Wildman–Crippen MR) is 70.9 cm³/mol. The second kappa shape index (κ2) is 4.47. The van der Waals surface area contributed by atoms with E-state index in [2.05, 4.69) is 12.6 Å². The van der Waals surface area contributed by atoms with Crippen LogP contribution in [0.15, 0.2) is 12.1 Å². The van der Waals surface area contributed by atoms with Crippen LogP contribution in [-0.2, 0) is 4.79 Å². The summed E-state index contributed by atoms with van der Waals surface area (Å²) in [5, 5.41) is 1.11. The van der Waals surface area contributed by atoms with Gasteiger partial charge in [-0.25, -0.2) is 0 Å². The third kappa shape index (κ3) is 2.04. The van der Waals surface area contributed by atoms with Gasteiger partial charge in [0.05, 0.1) is 15.7 Å². The standard InChI is InChI=1S/C11H11Cl2NOS/c1-6-2-3-8(12)11(10(6)13)14-5-7(16)4-9(14)15/h2-3,7,16H,4-5H2,1H3. The first kappa shape index (κ1) is 12.1. The van der Waals surface area contributed by atoms with Crippen LogP contribution in [-0.4, -0.2) is 17.7 Å². The minimum absolute atomic E-state index is 0.0226. The van der Waals surface area contributed by atoms with E-state index >= 15 is 0 Å². The second-order valence-corrected chi connectivity index (χ2v) is 5.40. The summed E-state index contributed by atoms with van der Waals surface area (Å²) in [6.45, 7) is 2.45. The highest BCUT2D eigenvalue weighted by atomic mass is 35.5. The van der Waals surface area contributed by atoms with E-state index in [4.69, 9.17) is 23.2 Å². The van der Waals surface area contributed by atoms with Gasteiger partial charge in [-0.2, -0.15) is 12.6 Å². The molecule has 0 aliphatic carbocycles. The number of aryl methyl sites for hydroxylation is 1. The largest absolute Gasteiger partial charge is 0.308 e. The van der Waals surface area contributed by atoms with Crippen LogP contribution in [0.4, 0.5) is 5.69 Å². The first-order chi connectivity index (χ1) is 7.50. The molecule has 0 N–H and O–H groups in total. The van der Waals surface area contributed by atoms with Crippen LogP contribution in [0, 0.1) is 6.92 Å². The maximum Gasteiger partial charge on any atom is 0.228 e. The maximum absolute atomic E-state index is 11.8. The van der Waals surface area contributed by atoms with Crippen molar-refractivity contribution in [1.29, 1.82) is 0 Å². The zero-order valence-electron chi connectivity index (χ0n) is 8.70. The molecule has 1 saturated heterocycles. The zero-order chi connectivity index (χ0) is 11.9. The molecule has 86 valence electrons. The summed E-state index contributed by atoms with van der Waals surface area (Å²) in [6.07, 6.45) is 0.434. The highest BCUT2D eigenvalue weighted by molar-refractivity contribution is 7.81. The molecule has 1 aliphatic heterocycles. The Morgan fingerprint density at radius 1 is 1.44 bits per heavy atom. The van der Waals surface area contributed by atoms with E-state index in [0.717, 1.165) is 5.56 Å². The lowest BCUT2D eigenvalue weighted by molar-refractivity contribution is -0.117. The minimum Gasteiger partial charge on any atom is -0.308 e. The maximum atomic E-state index is 11.8. The fourth-order valence-electron chi connectivity index (χ4n) is 1.79. The molecule has 1 heterocycles. The molecule has 1 aromatic rings. The normalized spacial score (nSPS) is 20.6. The quantitative estimate of drug-likeness (QED) is 0.780. The topological polar surface area (TPSA) is 20.3 Å². The number of carbonyl (C=O) groups is 1. The minimum atomic E-state index is 0.0226. The van der Waals surface area contributed by atoms with Crippen LogP contribution >= 0.6 is 35.8 Å². The Hall–Kier alpha value is -0.380. The third-order valence-electron chi connectivity index (χ3n) is 2.63. The SMILES string of the molecule is Cc1ccc(Cl)c(N2CC(S)CC2=O)c1Cl. The number of halogens is 2. The zero-order valence-corrected chi connectivity index (χ0v) is 11.1. The van der Waals surface area contributed by atoms with E-state index in [9.17, 15) is 4.79 Å². The van der Waals surface area contributed by atoms with Gasteiger partial charge in [0.2, 0.25) is 5.91 Å². The van der Waals surface area contributed by atoms with Crippen LogP contribution in [0.25, 0.3) is 0 Å². The van der Waals surface area contributed by atoms with Crippen molar-refractivity contribution in [2.45, 2.75) is 18.6 Å². The molecular formula is C11H11Cl2NOS. The van der Waals surface area contributed by atoms with Gasteiger partial charge in [-0.3, -0.25) is 4.79 Å². The summed E-state index contributed by atoms with van der Waals surface area (Å²) in [5.74, 6) is 0.0226. The van der Waals surface area contributed by atoms with Crippen LogP contribution in [0.3, 0.4) is 0 Å². The Morgan fingerprint density at radius 2 is 2.12 bits per heavy atom. The third-order valence-corrected chi connectivity index (χ3v) is 3.76. The molecule has 0 spiro atoms. The van der Waals surface area contributed by atoms with Gasteiger partial charge < -0.3 is 4.90 Å². The molecule has 2 rings (SSSR count). The number of benzene rings is 1. The molecule has 1 aromatic carbocycles. The van der Waals surface area contributed by atoms with E-state index in [1.54, 1.807) is 11.0 Å². The van der Waals surface area contributed by atoms with E-state index in [0.29, 0.717) is 28.7 Å². The van der Waals surface area contributed by atoms with E-state index in [1.807, 2.05) is 13.0 Å². The van der Waals surface area contributed by atoms with Crippen molar-refractivity contribution in [3.8, 4) is 0 Å². The van der Waals surface area contributed by atoms with Crippen LogP contribution in [0.5, 0.6) is 0 Å². The average molecular weight is 276 g/mol. The molecule has 0 saturated carbocycles. The van der Waals surface area contributed by atoms with Gasteiger partial charge >= 0.3 is 0 Å². The molecule has 1 atom stereocenters. The molecule has 5 heteroatoms. The number of hydrogen-bond acceptors (Lipinski definition) is 2. The highest BCUT2D eigenvalue weighted by Gasteiger charge is 2.31. The Morgan fingerprint density at radius 3 is 2.69 bits per heavy atom. The molecular weight excluding hydrogens is 265 g/mol. The summed E-state index contributed by atoms with van der Waals surface area (Å²) in [5.41, 5.74) is 1.53. The first-order valence-corrected chi connectivity index (χ1v) is 6.21. The van der Waals surface area contributed by atoms with Crippen molar-refractivity contribution in [3.63, 3.8) is 0 Å². The van der Waals surface area contributed by atoms with Gasteiger partial charge in [0, 0.05) is 18.2 Å². The lowest BCUT2D eigenvalue weighted by Gasteiger charge is -2.20. The molecule has 2 nitrogen and oxygen atoms in total. The molecule has 1 unspecified atom stereocenters. The van der Waals surface area contributed by atoms with Crippen molar-refractivity contribution in [3.05, 3.63) is 27.7 Å². The smallest absolute Gasteiger partial charge is 0.228 e. The van der Waals surface area contributed by atoms with Crippen molar-refractivity contribution in [1.82, 2.24) is 0 Å². The predicted octanol–water partition coefficient (Wildman–Crippen LogP) is 3.34. The van der Waals surface area contributed by atoms with E-state index < -0.39 is 0 Å². The monoisotopic (exact) mass is 275 g/mol. The Kier molecular flexibility index (Phi) is 3.38. The fraction of sp³-hybridized carbons (Fsp3) is 0.364. The highest BCUT2D eigenvalue weighted by Crippen LogP contribution is 2.38. The molecule has 0 aromatic heterocycles. The van der Waals surface area contributed by atoms with Crippen LogP contribution < -0.4 is 4.90 Å². The van der Waals surface area contributed by atoms with Crippen molar-refractivity contribution < 1.29 is 4.79 Å². The molecule has 1 amide bonds. The number of rotatable bonds is 1. The summed E-state index contributed by atoms with van der Waals surface area (Å²) in [6, 6.07) is 3.60. The van der Waals surface area contributed by atoms with Gasteiger partial charge in [0.1, 0.15) is 0 Å². The lowest BCUT2D eigenvalue weighted by atomic mass is 10.2. The molecule has 16 heavy (non-hydrogen) atoms. The molecule has 0 radical (unpaired) electrons. The number of anilines is 1. The van der Waals surface area contributed by atoms with Gasteiger partial charge in [-0.1, -0.05) is 29.3 Å². The van der Waals surface area contributed by atoms with Gasteiger partial charge in [0.15, 0.2) is 0 Å². The number of thiol groups is 1. The Bertz CT molecular complexity index is 450. The van der Waals surface area contributed by atoms with Crippen LogP contribution in [0.1, 0.15) is 12.0 Å². The van der Waals surface area contributed by atoms with Crippen molar-refractivity contribution >= 4 is 47.4 Å². The summed E-state index contributed by atoms with van der Waals surface area (Å²) in [4.78, 5) is 13.4. The summed E-state index contributed by atoms with van der Waals surface area (Å²) >= 11 is 16.6. The molecule has 1 fully saturated rings. The number of nitrogens with zero attached hydrogens (tertiary/aromatic N) is 1. The number of hydrogen-bond donors (Lipinski definition) is 1. The fourth-order valence-corrected chi connectivity index (χ4v) is 2.69. The summed E-state index contributed by atoms with van der Waals surface area (Å²) < 4.78 is 0. The number of amides is 1. The van der Waals surface area contributed by atoms with E-state index in [-0.39, 0.29) is 11.2 Å². The van der Waals surface area contributed by atoms with E-state index in [1.165, 1.54) is 0 Å². The average Bonchev–Trinajstić information content (AvgIpc) is 2.53. The van der Waals surface area contributed by atoms with Gasteiger partial charge in [0.25, 0.3) is 0 Å². The van der Waals surface area contributed by atoms with Gasteiger partial charge in [-0.05, 0) is 18.6 Å². The summed E-state index contributed by atoms with van der Waals surface area (Å²) in [7, 11) is 0. The first-order valence-electron chi connectivity index (χ1n) is 4.93. The second-order valence-electron chi connectivity index (χ2n) is 3.89. The molecule has 1 aliphatic rings. The number of carbonyl (C=O) groups excluding carboxylic acids is 1. The van der Waals surface area contributed by atoms with Crippen molar-refractivity contribution in [2.24, 2.45) is 0 Å². The van der Waals surface area contributed by atoms with Crippen molar-refractivity contribution in [2.75, 3.05) is 11.4 Å². The Labute approximate surface area is 110 Å². The molecule has 0 bridgehead atoms. The lowest BCUT2D eigenvalue weighted by Crippen LogP contribution is -2.25. The van der Waals surface area contributed by atoms with Crippen LogP contribution in [0.2, 0.25) is 10.0 Å². The van der Waals surface area contributed by atoms with Gasteiger partial charge in [-0.15, -0.1) is 0 Å².